The standard InChI is InChI=1S/C10H13N5O.C6H13N/c1-6(2)7-3-8(15-14-7)12-9-4-11-5-10(16)13-9;1-6-4-2-3-5-7-6/h3-6H,1-2H3,(H3,12,13,14,15,16);6-7H,2-5H2,1H3. The molecular weight excluding hydrogens is 292 g/mol. The van der Waals surface area contributed by atoms with E-state index >= 15 is 0 Å². The molecule has 0 radical (unpaired) electrons. The van der Waals surface area contributed by atoms with Crippen molar-refractivity contribution < 1.29 is 0 Å². The van der Waals surface area contributed by atoms with Crippen molar-refractivity contribution in [2.75, 3.05) is 11.9 Å². The summed E-state index contributed by atoms with van der Waals surface area (Å²) in [5.41, 5.74) is 0.790. The molecule has 0 aliphatic carbocycles. The Hall–Kier alpha value is -2.15. The third-order valence-corrected chi connectivity index (χ3v) is 3.69. The summed E-state index contributed by atoms with van der Waals surface area (Å²) in [5.74, 6) is 1.57. The molecule has 2 aromatic heterocycles. The summed E-state index contributed by atoms with van der Waals surface area (Å²) in [5, 5.41) is 13.3. The van der Waals surface area contributed by atoms with Crippen LogP contribution in [-0.2, 0) is 0 Å². The Kier molecular flexibility index (Phi) is 6.34. The number of rotatable bonds is 3. The minimum atomic E-state index is -0.246. The van der Waals surface area contributed by atoms with Gasteiger partial charge in [0, 0.05) is 17.8 Å². The summed E-state index contributed by atoms with van der Waals surface area (Å²) in [7, 11) is 0. The Labute approximate surface area is 136 Å². The number of piperidine rings is 1. The Bertz CT molecular complexity index is 642. The van der Waals surface area contributed by atoms with Gasteiger partial charge in [-0.15, -0.1) is 0 Å². The van der Waals surface area contributed by atoms with Crippen LogP contribution in [0.25, 0.3) is 0 Å². The van der Waals surface area contributed by atoms with Gasteiger partial charge in [0.05, 0.1) is 12.4 Å². The average Bonchev–Trinajstić information content (AvgIpc) is 2.97. The molecule has 1 unspecified atom stereocenters. The van der Waals surface area contributed by atoms with Crippen LogP contribution in [0.3, 0.4) is 0 Å². The van der Waals surface area contributed by atoms with E-state index in [1.165, 1.54) is 38.2 Å². The van der Waals surface area contributed by atoms with E-state index in [4.69, 9.17) is 0 Å². The molecule has 1 saturated heterocycles. The zero-order valence-corrected chi connectivity index (χ0v) is 14.0. The largest absolute Gasteiger partial charge is 0.324 e. The summed E-state index contributed by atoms with van der Waals surface area (Å²) in [6.45, 7) is 7.63. The van der Waals surface area contributed by atoms with Crippen molar-refractivity contribution in [1.29, 1.82) is 0 Å². The summed E-state index contributed by atoms with van der Waals surface area (Å²) in [6.07, 6.45) is 6.93. The molecule has 1 fully saturated rings. The van der Waals surface area contributed by atoms with E-state index in [2.05, 4.69) is 51.6 Å². The zero-order chi connectivity index (χ0) is 16.7. The summed E-state index contributed by atoms with van der Waals surface area (Å²) in [4.78, 5) is 17.4. The van der Waals surface area contributed by atoms with E-state index in [0.29, 0.717) is 17.6 Å². The van der Waals surface area contributed by atoms with Crippen LogP contribution < -0.4 is 16.2 Å². The number of H-pyrrole nitrogens is 2. The molecule has 3 rings (SSSR count). The van der Waals surface area contributed by atoms with Crippen molar-refractivity contribution in [2.24, 2.45) is 0 Å². The van der Waals surface area contributed by atoms with Gasteiger partial charge in [-0.2, -0.15) is 5.10 Å². The lowest BCUT2D eigenvalue weighted by molar-refractivity contribution is 0.425. The van der Waals surface area contributed by atoms with Gasteiger partial charge in [0.15, 0.2) is 5.82 Å². The van der Waals surface area contributed by atoms with Gasteiger partial charge in [0.25, 0.3) is 5.56 Å². The van der Waals surface area contributed by atoms with Gasteiger partial charge >= 0.3 is 0 Å². The Morgan fingerprint density at radius 3 is 2.65 bits per heavy atom. The Morgan fingerprint density at radius 1 is 1.30 bits per heavy atom. The van der Waals surface area contributed by atoms with Crippen LogP contribution in [0.2, 0.25) is 0 Å². The second-order valence-corrected chi connectivity index (χ2v) is 6.15. The maximum absolute atomic E-state index is 11.0. The molecule has 1 aliphatic rings. The second-order valence-electron chi connectivity index (χ2n) is 6.15. The molecule has 23 heavy (non-hydrogen) atoms. The number of hydrogen-bond donors (Lipinski definition) is 4. The van der Waals surface area contributed by atoms with Crippen molar-refractivity contribution in [3.8, 4) is 0 Å². The maximum atomic E-state index is 11.0. The highest BCUT2D eigenvalue weighted by Crippen LogP contribution is 2.16. The van der Waals surface area contributed by atoms with Crippen LogP contribution in [-0.4, -0.2) is 32.8 Å². The fourth-order valence-corrected chi connectivity index (χ4v) is 2.30. The van der Waals surface area contributed by atoms with Crippen molar-refractivity contribution >= 4 is 11.6 Å². The Morgan fingerprint density at radius 2 is 2.13 bits per heavy atom. The number of aromatic amines is 2. The molecule has 0 aromatic carbocycles. The lowest BCUT2D eigenvalue weighted by atomic mass is 10.1. The van der Waals surface area contributed by atoms with Crippen molar-refractivity contribution in [2.45, 2.75) is 52.0 Å². The molecule has 0 spiro atoms. The van der Waals surface area contributed by atoms with Crippen molar-refractivity contribution in [3.05, 3.63) is 34.5 Å². The van der Waals surface area contributed by atoms with Crippen LogP contribution in [0, 0.1) is 0 Å². The molecule has 0 amide bonds. The first-order valence-electron chi connectivity index (χ1n) is 8.14. The van der Waals surface area contributed by atoms with Crippen LogP contribution in [0.15, 0.2) is 23.3 Å². The lowest BCUT2D eigenvalue weighted by Gasteiger charge is -2.18. The first kappa shape index (κ1) is 17.2. The molecule has 4 N–H and O–H groups in total. The number of hydrogen-bond acceptors (Lipinski definition) is 5. The number of aromatic nitrogens is 4. The maximum Gasteiger partial charge on any atom is 0.267 e. The molecule has 2 aromatic rings. The quantitative estimate of drug-likeness (QED) is 0.697. The number of anilines is 2. The average molecular weight is 318 g/mol. The summed E-state index contributed by atoms with van der Waals surface area (Å²) >= 11 is 0. The topological polar surface area (TPSA) is 98.5 Å². The lowest BCUT2D eigenvalue weighted by Crippen LogP contribution is -2.30. The fraction of sp³-hybridized carbons (Fsp3) is 0.562. The molecule has 0 saturated carbocycles. The van der Waals surface area contributed by atoms with Gasteiger partial charge < -0.3 is 15.6 Å². The van der Waals surface area contributed by atoms with E-state index in [-0.39, 0.29) is 5.56 Å². The molecule has 126 valence electrons. The normalized spacial score (nSPS) is 17.5. The second kappa shape index (κ2) is 8.47. The third kappa shape index (κ3) is 5.86. The van der Waals surface area contributed by atoms with Crippen LogP contribution in [0.4, 0.5) is 11.6 Å². The van der Waals surface area contributed by atoms with E-state index in [9.17, 15) is 4.79 Å². The molecule has 7 nitrogen and oxygen atoms in total. The predicted molar refractivity (Wildman–Crippen MR) is 92.1 cm³/mol. The van der Waals surface area contributed by atoms with E-state index < -0.39 is 0 Å². The van der Waals surface area contributed by atoms with Crippen LogP contribution >= 0.6 is 0 Å². The monoisotopic (exact) mass is 318 g/mol. The molecule has 0 bridgehead atoms. The van der Waals surface area contributed by atoms with E-state index in [1.54, 1.807) is 0 Å². The first-order valence-corrected chi connectivity index (χ1v) is 8.14. The summed E-state index contributed by atoms with van der Waals surface area (Å²) in [6, 6.07) is 2.68. The highest BCUT2D eigenvalue weighted by molar-refractivity contribution is 5.50. The predicted octanol–water partition coefficient (Wildman–Crippen LogP) is 2.51. The fourth-order valence-electron chi connectivity index (χ4n) is 2.30. The molecular formula is C16H26N6O. The highest BCUT2D eigenvalue weighted by Gasteiger charge is 2.05. The minimum Gasteiger partial charge on any atom is -0.324 e. The molecule has 1 atom stereocenters. The SMILES string of the molecule is CC(C)c1cc(Nc2cncc(=O)[nH]2)n[nH]1.CC1CCCCN1. The number of nitrogens with one attached hydrogen (secondary N) is 4. The van der Waals surface area contributed by atoms with Crippen molar-refractivity contribution in [1.82, 2.24) is 25.5 Å². The van der Waals surface area contributed by atoms with Gasteiger partial charge in [0.1, 0.15) is 5.82 Å². The van der Waals surface area contributed by atoms with Crippen LogP contribution in [0.1, 0.15) is 51.6 Å². The van der Waals surface area contributed by atoms with Gasteiger partial charge in [-0.1, -0.05) is 20.3 Å². The smallest absolute Gasteiger partial charge is 0.267 e. The van der Waals surface area contributed by atoms with Crippen molar-refractivity contribution in [3.63, 3.8) is 0 Å². The molecule has 3 heterocycles. The first-order chi connectivity index (χ1) is 11.0. The van der Waals surface area contributed by atoms with E-state index in [0.717, 1.165) is 11.7 Å². The van der Waals surface area contributed by atoms with Gasteiger partial charge in [0.2, 0.25) is 0 Å². The molecule has 1 aliphatic heterocycles. The minimum absolute atomic E-state index is 0.246. The van der Waals surface area contributed by atoms with Gasteiger partial charge in [-0.25, -0.2) is 0 Å². The van der Waals surface area contributed by atoms with Crippen LogP contribution in [0.5, 0.6) is 0 Å². The summed E-state index contributed by atoms with van der Waals surface area (Å²) < 4.78 is 0. The van der Waals surface area contributed by atoms with Gasteiger partial charge in [-0.3, -0.25) is 14.9 Å². The van der Waals surface area contributed by atoms with E-state index in [1.807, 2.05) is 6.07 Å². The molecule has 7 heteroatoms. The zero-order valence-electron chi connectivity index (χ0n) is 14.0. The number of nitrogens with zero attached hydrogens (tertiary/aromatic N) is 2. The highest BCUT2D eigenvalue weighted by atomic mass is 16.1. The Balaban J connectivity index is 0.000000229. The third-order valence-electron chi connectivity index (χ3n) is 3.69. The van der Waals surface area contributed by atoms with Gasteiger partial charge in [-0.05, 0) is 32.2 Å².